The van der Waals surface area contributed by atoms with E-state index < -0.39 is 10.0 Å². The van der Waals surface area contributed by atoms with Gasteiger partial charge in [-0.15, -0.1) is 0 Å². The number of rotatable bonds is 6. The number of nitrogens with zero attached hydrogens (tertiary/aromatic N) is 3. The van der Waals surface area contributed by atoms with Crippen molar-refractivity contribution in [1.29, 1.82) is 0 Å². The first kappa shape index (κ1) is 23.4. The summed E-state index contributed by atoms with van der Waals surface area (Å²) in [6.45, 7) is 7.58. The van der Waals surface area contributed by atoms with Crippen molar-refractivity contribution >= 4 is 15.8 Å². The number of aryl methyl sites for hydroxylation is 2. The van der Waals surface area contributed by atoms with Crippen molar-refractivity contribution in [3.05, 3.63) is 82.9 Å². The number of hydrogen-bond donors (Lipinski definition) is 0. The SMILES string of the molecule is Cc1cccc(S(=O)(=O)N2CCN(CC(=O)c3cc(C)n(-c4ccc(F)cc4)c3C)CC2)c1. The van der Waals surface area contributed by atoms with Crippen LogP contribution in [0.3, 0.4) is 0 Å². The van der Waals surface area contributed by atoms with E-state index in [4.69, 9.17) is 0 Å². The van der Waals surface area contributed by atoms with Gasteiger partial charge in [-0.05, 0) is 68.8 Å². The van der Waals surface area contributed by atoms with Crippen LogP contribution in [0.2, 0.25) is 0 Å². The average Bonchev–Trinajstić information content (AvgIpc) is 3.09. The molecule has 0 aliphatic carbocycles. The van der Waals surface area contributed by atoms with Gasteiger partial charge in [-0.1, -0.05) is 12.1 Å². The van der Waals surface area contributed by atoms with Gasteiger partial charge in [0.25, 0.3) is 0 Å². The van der Waals surface area contributed by atoms with Gasteiger partial charge >= 0.3 is 0 Å². The van der Waals surface area contributed by atoms with E-state index in [9.17, 15) is 17.6 Å². The quantitative estimate of drug-likeness (QED) is 0.516. The second-order valence-corrected chi connectivity index (χ2v) is 10.5. The Kier molecular flexibility index (Phi) is 6.52. The Morgan fingerprint density at radius 1 is 0.939 bits per heavy atom. The number of carbonyl (C=O) groups excluding carboxylic acids is 1. The van der Waals surface area contributed by atoms with Crippen LogP contribution in [0.1, 0.15) is 27.3 Å². The number of benzene rings is 2. The molecule has 0 amide bonds. The van der Waals surface area contributed by atoms with Gasteiger partial charge in [0, 0.05) is 48.8 Å². The molecule has 174 valence electrons. The Balaban J connectivity index is 1.43. The number of hydrogen-bond acceptors (Lipinski definition) is 4. The van der Waals surface area contributed by atoms with E-state index >= 15 is 0 Å². The number of aromatic nitrogens is 1. The lowest BCUT2D eigenvalue weighted by atomic mass is 10.1. The second-order valence-electron chi connectivity index (χ2n) is 8.52. The minimum absolute atomic E-state index is 0.00791. The van der Waals surface area contributed by atoms with Crippen molar-refractivity contribution in [2.24, 2.45) is 0 Å². The Morgan fingerprint density at radius 2 is 1.61 bits per heavy atom. The topological polar surface area (TPSA) is 62.6 Å². The first-order chi connectivity index (χ1) is 15.7. The largest absolute Gasteiger partial charge is 0.318 e. The third-order valence-corrected chi connectivity index (χ3v) is 8.04. The van der Waals surface area contributed by atoms with Gasteiger partial charge in [0.2, 0.25) is 10.0 Å². The fourth-order valence-electron chi connectivity index (χ4n) is 4.37. The zero-order valence-electron chi connectivity index (χ0n) is 19.1. The molecule has 0 saturated carbocycles. The van der Waals surface area contributed by atoms with E-state index in [1.807, 2.05) is 42.4 Å². The van der Waals surface area contributed by atoms with Crippen LogP contribution in [0, 0.1) is 26.6 Å². The molecule has 33 heavy (non-hydrogen) atoms. The number of piperazine rings is 1. The van der Waals surface area contributed by atoms with Crippen LogP contribution in [0.4, 0.5) is 4.39 Å². The van der Waals surface area contributed by atoms with Crippen molar-refractivity contribution < 1.29 is 17.6 Å². The fourth-order valence-corrected chi connectivity index (χ4v) is 5.90. The van der Waals surface area contributed by atoms with Crippen molar-refractivity contribution in [3.8, 4) is 5.69 Å². The van der Waals surface area contributed by atoms with Crippen molar-refractivity contribution in [1.82, 2.24) is 13.8 Å². The molecule has 1 saturated heterocycles. The van der Waals surface area contributed by atoms with Crippen LogP contribution in [-0.2, 0) is 10.0 Å². The summed E-state index contributed by atoms with van der Waals surface area (Å²) < 4.78 is 42.6. The molecule has 1 aromatic heterocycles. The average molecular weight is 470 g/mol. The van der Waals surface area contributed by atoms with Gasteiger partial charge < -0.3 is 4.57 Å². The lowest BCUT2D eigenvalue weighted by Gasteiger charge is -2.33. The van der Waals surface area contributed by atoms with E-state index in [0.717, 1.165) is 22.6 Å². The van der Waals surface area contributed by atoms with E-state index in [-0.39, 0.29) is 18.1 Å². The molecular weight excluding hydrogens is 441 g/mol. The zero-order valence-corrected chi connectivity index (χ0v) is 19.9. The van der Waals surface area contributed by atoms with Crippen LogP contribution >= 0.6 is 0 Å². The molecule has 1 fully saturated rings. The van der Waals surface area contributed by atoms with Crippen molar-refractivity contribution in [3.63, 3.8) is 0 Å². The molecule has 1 aliphatic heterocycles. The maximum absolute atomic E-state index is 13.3. The molecule has 0 atom stereocenters. The molecule has 0 radical (unpaired) electrons. The highest BCUT2D eigenvalue weighted by atomic mass is 32.2. The van der Waals surface area contributed by atoms with Gasteiger partial charge in [0.05, 0.1) is 11.4 Å². The third kappa shape index (κ3) is 4.78. The first-order valence-electron chi connectivity index (χ1n) is 10.9. The van der Waals surface area contributed by atoms with Crippen LogP contribution in [0.25, 0.3) is 5.69 Å². The molecule has 1 aliphatic rings. The van der Waals surface area contributed by atoms with Crippen LogP contribution in [-0.4, -0.2) is 60.7 Å². The third-order valence-electron chi connectivity index (χ3n) is 6.14. The van der Waals surface area contributed by atoms with Gasteiger partial charge in [-0.2, -0.15) is 4.31 Å². The molecule has 2 aromatic carbocycles. The lowest BCUT2D eigenvalue weighted by Crippen LogP contribution is -2.49. The van der Waals surface area contributed by atoms with Crippen LogP contribution in [0.15, 0.2) is 59.5 Å². The molecule has 0 unspecified atom stereocenters. The Morgan fingerprint density at radius 3 is 2.24 bits per heavy atom. The van der Waals surface area contributed by atoms with Gasteiger partial charge in [-0.25, -0.2) is 12.8 Å². The highest BCUT2D eigenvalue weighted by molar-refractivity contribution is 7.89. The molecule has 8 heteroatoms. The molecule has 6 nitrogen and oxygen atoms in total. The van der Waals surface area contributed by atoms with Crippen LogP contribution in [0.5, 0.6) is 0 Å². The number of sulfonamides is 1. The maximum Gasteiger partial charge on any atom is 0.243 e. The predicted molar refractivity (Wildman–Crippen MR) is 126 cm³/mol. The molecular formula is C25H28FN3O3S. The summed E-state index contributed by atoms with van der Waals surface area (Å²) >= 11 is 0. The maximum atomic E-state index is 13.3. The number of carbonyl (C=O) groups is 1. The highest BCUT2D eigenvalue weighted by Gasteiger charge is 2.29. The van der Waals surface area contributed by atoms with Gasteiger partial charge in [-0.3, -0.25) is 9.69 Å². The lowest BCUT2D eigenvalue weighted by molar-refractivity contribution is 0.0901. The van der Waals surface area contributed by atoms with E-state index in [2.05, 4.69) is 0 Å². The molecule has 4 rings (SSSR count). The van der Waals surface area contributed by atoms with E-state index in [0.29, 0.717) is 36.6 Å². The minimum Gasteiger partial charge on any atom is -0.318 e. The van der Waals surface area contributed by atoms with Crippen molar-refractivity contribution in [2.45, 2.75) is 25.7 Å². The Bertz CT molecular complexity index is 1270. The summed E-state index contributed by atoms with van der Waals surface area (Å²) in [5, 5.41) is 0. The molecule has 0 bridgehead atoms. The summed E-state index contributed by atoms with van der Waals surface area (Å²) in [6, 6.07) is 15.0. The van der Waals surface area contributed by atoms with Gasteiger partial charge in [0.15, 0.2) is 5.78 Å². The first-order valence-corrected chi connectivity index (χ1v) is 12.4. The normalized spacial score (nSPS) is 15.6. The summed E-state index contributed by atoms with van der Waals surface area (Å²) in [4.78, 5) is 15.4. The summed E-state index contributed by atoms with van der Waals surface area (Å²) in [5.74, 6) is -0.312. The van der Waals surface area contributed by atoms with Crippen LogP contribution < -0.4 is 0 Å². The molecule has 2 heterocycles. The standard InChI is InChI=1S/C25H28FN3O3S/c1-18-5-4-6-23(15-18)33(31,32)28-13-11-27(12-14-28)17-25(30)24-16-19(2)29(20(24)3)22-9-7-21(26)8-10-22/h4-10,15-16H,11-14,17H2,1-3H3. The second kappa shape index (κ2) is 9.21. The minimum atomic E-state index is -3.54. The predicted octanol–water partition coefficient (Wildman–Crippen LogP) is 3.73. The van der Waals surface area contributed by atoms with Gasteiger partial charge in [0.1, 0.15) is 5.82 Å². The van der Waals surface area contributed by atoms with E-state index in [1.165, 1.54) is 16.4 Å². The fraction of sp³-hybridized carbons (Fsp3) is 0.320. The smallest absolute Gasteiger partial charge is 0.243 e. The zero-order chi connectivity index (χ0) is 23.8. The Hall–Kier alpha value is -2.81. The van der Waals surface area contributed by atoms with E-state index in [1.54, 1.807) is 30.3 Å². The number of halogens is 1. The summed E-state index contributed by atoms with van der Waals surface area (Å²) in [5.41, 5.74) is 4.05. The number of Topliss-reactive ketones (excluding diaryl/α,β-unsaturated/α-hetero) is 1. The Labute approximate surface area is 194 Å². The molecule has 0 N–H and O–H groups in total. The monoisotopic (exact) mass is 469 g/mol. The highest BCUT2D eigenvalue weighted by Crippen LogP contribution is 2.23. The molecule has 0 spiro atoms. The van der Waals surface area contributed by atoms with Crippen molar-refractivity contribution in [2.75, 3.05) is 32.7 Å². The number of ketones is 1. The molecule has 3 aromatic rings. The summed E-state index contributed by atoms with van der Waals surface area (Å²) in [7, 11) is -3.54. The summed E-state index contributed by atoms with van der Waals surface area (Å²) in [6.07, 6.45) is 0.